The first-order valence-electron chi connectivity index (χ1n) is 5.06. The molecule has 1 rings (SSSR count). The maximum absolute atomic E-state index is 12.7. The second-order valence-electron chi connectivity index (χ2n) is 3.85. The van der Waals surface area contributed by atoms with Crippen molar-refractivity contribution in [1.29, 1.82) is 0 Å². The van der Waals surface area contributed by atoms with Gasteiger partial charge in [-0.15, -0.1) is 0 Å². The molecule has 0 heterocycles. The van der Waals surface area contributed by atoms with Gasteiger partial charge >= 0.3 is 0 Å². The zero-order chi connectivity index (χ0) is 12.3. The minimum absolute atomic E-state index is 0.358. The van der Waals surface area contributed by atoms with Gasteiger partial charge in [0.25, 0.3) is 0 Å². The van der Waals surface area contributed by atoms with Gasteiger partial charge in [-0.05, 0) is 24.1 Å². The molecule has 0 radical (unpaired) electrons. The van der Waals surface area contributed by atoms with Crippen LogP contribution in [0.2, 0.25) is 0 Å². The molecule has 2 N–H and O–H groups in total. The maximum atomic E-state index is 12.7. The SMILES string of the molecule is CCC(C(N)c1ccc(F)cc1)S(C)(=O)=O. The fourth-order valence-electron chi connectivity index (χ4n) is 1.72. The van der Waals surface area contributed by atoms with E-state index in [0.717, 1.165) is 0 Å². The van der Waals surface area contributed by atoms with Crippen LogP contribution in [0.25, 0.3) is 0 Å². The number of rotatable bonds is 4. The minimum Gasteiger partial charge on any atom is -0.323 e. The molecule has 3 nitrogen and oxygen atoms in total. The van der Waals surface area contributed by atoms with Crippen molar-refractivity contribution < 1.29 is 12.8 Å². The van der Waals surface area contributed by atoms with Crippen molar-refractivity contribution in [2.24, 2.45) is 5.73 Å². The third kappa shape index (κ3) is 3.02. The molecule has 0 fully saturated rings. The molecule has 0 saturated carbocycles. The van der Waals surface area contributed by atoms with Crippen LogP contribution in [0.4, 0.5) is 4.39 Å². The van der Waals surface area contributed by atoms with E-state index in [9.17, 15) is 12.8 Å². The maximum Gasteiger partial charge on any atom is 0.152 e. The number of sulfone groups is 1. The van der Waals surface area contributed by atoms with Gasteiger partial charge in [0.05, 0.1) is 5.25 Å². The molecular formula is C11H16FNO2S. The Bertz CT molecular complexity index is 442. The molecule has 0 aliphatic carbocycles. The van der Waals surface area contributed by atoms with Gasteiger partial charge in [-0.1, -0.05) is 19.1 Å². The molecular weight excluding hydrogens is 229 g/mol. The summed E-state index contributed by atoms with van der Waals surface area (Å²) in [5.74, 6) is -0.358. The average molecular weight is 245 g/mol. The van der Waals surface area contributed by atoms with E-state index in [0.29, 0.717) is 12.0 Å². The molecule has 0 aliphatic rings. The van der Waals surface area contributed by atoms with Gasteiger partial charge in [0, 0.05) is 12.3 Å². The van der Waals surface area contributed by atoms with Crippen molar-refractivity contribution in [3.8, 4) is 0 Å². The highest BCUT2D eigenvalue weighted by Gasteiger charge is 2.26. The molecule has 0 amide bonds. The summed E-state index contributed by atoms with van der Waals surface area (Å²) in [6.07, 6.45) is 1.61. The predicted octanol–water partition coefficient (Wildman–Crippen LogP) is 1.65. The summed E-state index contributed by atoms with van der Waals surface area (Å²) in [6.45, 7) is 1.77. The standard InChI is InChI=1S/C11H16FNO2S/c1-3-10(16(2,14)15)11(13)8-4-6-9(12)7-5-8/h4-7,10-11H,3,13H2,1-2H3. The molecule has 2 unspecified atom stereocenters. The highest BCUT2D eigenvalue weighted by atomic mass is 32.2. The number of halogens is 1. The Balaban J connectivity index is 3.00. The van der Waals surface area contributed by atoms with Crippen LogP contribution in [-0.2, 0) is 9.84 Å². The zero-order valence-corrected chi connectivity index (χ0v) is 10.2. The van der Waals surface area contributed by atoms with E-state index in [2.05, 4.69) is 0 Å². The molecule has 2 atom stereocenters. The van der Waals surface area contributed by atoms with Gasteiger partial charge in [0.2, 0.25) is 0 Å². The van der Waals surface area contributed by atoms with E-state index in [-0.39, 0.29) is 5.82 Å². The molecule has 0 saturated heterocycles. The van der Waals surface area contributed by atoms with Crippen LogP contribution in [0, 0.1) is 5.82 Å². The van der Waals surface area contributed by atoms with Crippen molar-refractivity contribution in [3.05, 3.63) is 35.6 Å². The Morgan fingerprint density at radius 3 is 2.19 bits per heavy atom. The molecule has 1 aromatic carbocycles. The molecule has 90 valence electrons. The second-order valence-corrected chi connectivity index (χ2v) is 6.12. The van der Waals surface area contributed by atoms with Crippen LogP contribution < -0.4 is 5.73 Å². The van der Waals surface area contributed by atoms with E-state index in [1.54, 1.807) is 6.92 Å². The zero-order valence-electron chi connectivity index (χ0n) is 9.35. The van der Waals surface area contributed by atoms with Crippen molar-refractivity contribution >= 4 is 9.84 Å². The van der Waals surface area contributed by atoms with Gasteiger partial charge in [-0.2, -0.15) is 0 Å². The Labute approximate surface area is 95.4 Å². The van der Waals surface area contributed by atoms with Crippen LogP contribution >= 0.6 is 0 Å². The van der Waals surface area contributed by atoms with Crippen molar-refractivity contribution in [2.75, 3.05) is 6.26 Å². The third-order valence-corrected chi connectivity index (χ3v) is 4.33. The third-order valence-electron chi connectivity index (χ3n) is 2.61. The number of benzene rings is 1. The summed E-state index contributed by atoms with van der Waals surface area (Å²) in [5.41, 5.74) is 6.52. The van der Waals surface area contributed by atoms with Gasteiger partial charge in [-0.3, -0.25) is 0 Å². The lowest BCUT2D eigenvalue weighted by atomic mass is 10.0. The summed E-state index contributed by atoms with van der Waals surface area (Å²) < 4.78 is 35.7. The van der Waals surface area contributed by atoms with Crippen molar-refractivity contribution in [1.82, 2.24) is 0 Å². The lowest BCUT2D eigenvalue weighted by Crippen LogP contribution is -2.32. The van der Waals surface area contributed by atoms with Crippen LogP contribution in [0.5, 0.6) is 0 Å². The van der Waals surface area contributed by atoms with Gasteiger partial charge in [0.15, 0.2) is 9.84 Å². The molecule has 0 bridgehead atoms. The molecule has 1 aromatic rings. The fraction of sp³-hybridized carbons (Fsp3) is 0.455. The molecule has 5 heteroatoms. The highest BCUT2D eigenvalue weighted by molar-refractivity contribution is 7.91. The van der Waals surface area contributed by atoms with E-state index >= 15 is 0 Å². The average Bonchev–Trinajstić information content (AvgIpc) is 2.17. The van der Waals surface area contributed by atoms with Crippen LogP contribution in [0.1, 0.15) is 24.9 Å². The number of nitrogens with two attached hydrogens (primary N) is 1. The lowest BCUT2D eigenvalue weighted by Gasteiger charge is -2.21. The number of hydrogen-bond acceptors (Lipinski definition) is 3. The Morgan fingerprint density at radius 1 is 1.31 bits per heavy atom. The highest BCUT2D eigenvalue weighted by Crippen LogP contribution is 2.22. The predicted molar refractivity (Wildman–Crippen MR) is 62.3 cm³/mol. The summed E-state index contributed by atoms with van der Waals surface area (Å²) >= 11 is 0. The smallest absolute Gasteiger partial charge is 0.152 e. The van der Waals surface area contributed by atoms with E-state index < -0.39 is 21.1 Å². The first-order valence-corrected chi connectivity index (χ1v) is 7.01. The van der Waals surface area contributed by atoms with Gasteiger partial charge < -0.3 is 5.73 Å². The first-order chi connectivity index (χ1) is 7.36. The van der Waals surface area contributed by atoms with Gasteiger partial charge in [0.1, 0.15) is 5.82 Å². The van der Waals surface area contributed by atoms with Crippen LogP contribution in [0.3, 0.4) is 0 Å². The van der Waals surface area contributed by atoms with E-state index in [1.165, 1.54) is 30.5 Å². The largest absolute Gasteiger partial charge is 0.323 e. The first kappa shape index (κ1) is 13.1. The van der Waals surface area contributed by atoms with E-state index in [4.69, 9.17) is 5.73 Å². The summed E-state index contributed by atoms with van der Waals surface area (Å²) in [4.78, 5) is 0. The normalized spacial score (nSPS) is 15.8. The lowest BCUT2D eigenvalue weighted by molar-refractivity contribution is 0.552. The second kappa shape index (κ2) is 4.93. The molecule has 16 heavy (non-hydrogen) atoms. The van der Waals surface area contributed by atoms with Crippen molar-refractivity contribution in [2.45, 2.75) is 24.6 Å². The molecule has 0 aromatic heterocycles. The summed E-state index contributed by atoms with van der Waals surface area (Å²) in [6, 6.07) is 5.00. The van der Waals surface area contributed by atoms with Crippen molar-refractivity contribution in [3.63, 3.8) is 0 Å². The quantitative estimate of drug-likeness (QED) is 0.877. The minimum atomic E-state index is -3.19. The fourth-order valence-corrected chi connectivity index (χ4v) is 3.02. The Kier molecular flexibility index (Phi) is 4.04. The summed E-state index contributed by atoms with van der Waals surface area (Å²) in [5, 5.41) is -0.627. The molecule has 0 spiro atoms. The van der Waals surface area contributed by atoms with Crippen LogP contribution in [-0.4, -0.2) is 19.9 Å². The monoisotopic (exact) mass is 245 g/mol. The topological polar surface area (TPSA) is 60.2 Å². The van der Waals surface area contributed by atoms with E-state index in [1.807, 2.05) is 0 Å². The van der Waals surface area contributed by atoms with Gasteiger partial charge in [-0.25, -0.2) is 12.8 Å². The Morgan fingerprint density at radius 2 is 1.81 bits per heavy atom. The Hall–Kier alpha value is -0.940. The number of hydrogen-bond donors (Lipinski definition) is 1. The summed E-state index contributed by atoms with van der Waals surface area (Å²) in [7, 11) is -3.19. The molecule has 0 aliphatic heterocycles. The van der Waals surface area contributed by atoms with Crippen LogP contribution in [0.15, 0.2) is 24.3 Å².